The molecule has 0 atom stereocenters. The van der Waals surface area contributed by atoms with E-state index < -0.39 is 0 Å². The number of carbonyl (C=O) groups is 1. The van der Waals surface area contributed by atoms with Crippen LogP contribution in [0.5, 0.6) is 11.5 Å². The largest absolute Gasteiger partial charge is 0.454 e. The van der Waals surface area contributed by atoms with E-state index in [1.54, 1.807) is 42.5 Å². The highest BCUT2D eigenvalue weighted by molar-refractivity contribution is 6.02. The molecule has 0 aromatic heterocycles. The number of carbonyl (C=O) groups excluding carboxylic acids is 1. The molecule has 1 amide bonds. The van der Waals surface area contributed by atoms with Crippen molar-refractivity contribution in [3.8, 4) is 11.5 Å². The minimum atomic E-state index is -0.277. The molecule has 22 heavy (non-hydrogen) atoms. The van der Waals surface area contributed by atoms with Gasteiger partial charge in [-0.1, -0.05) is 0 Å². The molecule has 0 unspecified atom stereocenters. The summed E-state index contributed by atoms with van der Waals surface area (Å²) >= 11 is 0. The molecule has 0 radical (unpaired) electrons. The summed E-state index contributed by atoms with van der Waals surface area (Å²) < 4.78 is 10.5. The van der Waals surface area contributed by atoms with E-state index >= 15 is 0 Å². The van der Waals surface area contributed by atoms with E-state index in [4.69, 9.17) is 20.9 Å². The fraction of sp³-hybridized carbons (Fsp3) is 0.0625. The molecule has 0 saturated heterocycles. The number of hydrogen-bond acceptors (Lipinski definition) is 5. The maximum Gasteiger partial charge on any atom is 0.248 e. The van der Waals surface area contributed by atoms with Crippen molar-refractivity contribution in [2.24, 2.45) is 0 Å². The van der Waals surface area contributed by atoms with Crippen molar-refractivity contribution >= 4 is 29.0 Å². The van der Waals surface area contributed by atoms with E-state index in [2.05, 4.69) is 5.32 Å². The second kappa shape index (κ2) is 5.69. The lowest BCUT2D eigenvalue weighted by Crippen LogP contribution is -2.07. The van der Waals surface area contributed by atoms with Crippen molar-refractivity contribution in [2.45, 2.75) is 0 Å². The van der Waals surface area contributed by atoms with Gasteiger partial charge in [0.05, 0.1) is 0 Å². The van der Waals surface area contributed by atoms with Crippen molar-refractivity contribution < 1.29 is 14.3 Å². The lowest BCUT2D eigenvalue weighted by Gasteiger charge is -2.04. The van der Waals surface area contributed by atoms with Crippen LogP contribution >= 0.6 is 0 Å². The molecule has 0 bridgehead atoms. The molecule has 1 heterocycles. The van der Waals surface area contributed by atoms with E-state index in [9.17, 15) is 4.79 Å². The average molecular weight is 297 g/mol. The second-order valence-electron chi connectivity index (χ2n) is 4.78. The Bertz CT molecular complexity index is 756. The van der Waals surface area contributed by atoms with E-state index in [0.29, 0.717) is 34.1 Å². The van der Waals surface area contributed by atoms with Crippen molar-refractivity contribution in [1.82, 2.24) is 0 Å². The van der Waals surface area contributed by atoms with Crippen LogP contribution < -0.4 is 26.3 Å². The molecular formula is C16H15N3O3. The highest BCUT2D eigenvalue weighted by Gasteiger charge is 2.13. The van der Waals surface area contributed by atoms with Gasteiger partial charge in [0, 0.05) is 29.2 Å². The van der Waals surface area contributed by atoms with Crippen molar-refractivity contribution in [3.63, 3.8) is 0 Å². The van der Waals surface area contributed by atoms with Crippen molar-refractivity contribution in [1.29, 1.82) is 0 Å². The van der Waals surface area contributed by atoms with Gasteiger partial charge in [0.1, 0.15) is 0 Å². The fourth-order valence-electron chi connectivity index (χ4n) is 2.06. The van der Waals surface area contributed by atoms with Gasteiger partial charge in [-0.25, -0.2) is 0 Å². The first-order valence-electron chi connectivity index (χ1n) is 6.65. The van der Waals surface area contributed by atoms with Gasteiger partial charge in [-0.15, -0.1) is 0 Å². The number of rotatable bonds is 3. The first-order valence-corrected chi connectivity index (χ1v) is 6.65. The number of nitrogens with two attached hydrogens (primary N) is 2. The highest BCUT2D eigenvalue weighted by atomic mass is 16.7. The van der Waals surface area contributed by atoms with E-state index in [0.717, 1.165) is 0 Å². The first-order chi connectivity index (χ1) is 10.6. The van der Waals surface area contributed by atoms with Crippen LogP contribution in [-0.4, -0.2) is 12.7 Å². The summed E-state index contributed by atoms with van der Waals surface area (Å²) in [4.78, 5) is 11.9. The Kier molecular flexibility index (Phi) is 3.57. The summed E-state index contributed by atoms with van der Waals surface area (Å²) in [7, 11) is 0. The number of ether oxygens (including phenoxy) is 2. The standard InChI is InChI=1S/C16H15N3O3/c17-11-2-4-13(18)10(7-11)1-6-16(20)19-12-3-5-14-15(8-12)22-9-21-14/h1-8H,9,17-18H2,(H,19,20). The number of nitrogen functional groups attached to an aromatic ring is 2. The van der Waals surface area contributed by atoms with Gasteiger partial charge in [-0.05, 0) is 42.0 Å². The van der Waals surface area contributed by atoms with Crippen LogP contribution in [0.25, 0.3) is 6.08 Å². The molecular weight excluding hydrogens is 282 g/mol. The van der Waals surface area contributed by atoms with Crippen LogP contribution in [0.1, 0.15) is 5.56 Å². The molecule has 6 heteroatoms. The smallest absolute Gasteiger partial charge is 0.248 e. The third-order valence-corrected chi connectivity index (χ3v) is 3.17. The normalized spacial score (nSPS) is 12.5. The Hall–Kier alpha value is -3.15. The number of nitrogens with one attached hydrogen (secondary N) is 1. The summed E-state index contributed by atoms with van der Waals surface area (Å²) in [6, 6.07) is 10.3. The molecule has 3 rings (SSSR count). The Balaban J connectivity index is 1.70. The SMILES string of the molecule is Nc1ccc(N)c(C=CC(=O)Nc2ccc3c(c2)OCO3)c1. The molecule has 0 aliphatic carbocycles. The zero-order valence-electron chi connectivity index (χ0n) is 11.7. The number of amides is 1. The van der Waals surface area contributed by atoms with E-state index in [-0.39, 0.29) is 12.7 Å². The molecule has 112 valence electrons. The summed E-state index contributed by atoms with van der Waals surface area (Å²) in [5, 5.41) is 2.74. The zero-order valence-corrected chi connectivity index (χ0v) is 11.7. The molecule has 5 N–H and O–H groups in total. The van der Waals surface area contributed by atoms with Gasteiger partial charge in [0.2, 0.25) is 12.7 Å². The maximum absolute atomic E-state index is 11.9. The van der Waals surface area contributed by atoms with Crippen LogP contribution in [0.15, 0.2) is 42.5 Å². The summed E-state index contributed by atoms with van der Waals surface area (Å²) in [6.45, 7) is 0.196. The molecule has 0 saturated carbocycles. The first kappa shape index (κ1) is 13.8. The zero-order chi connectivity index (χ0) is 15.5. The third-order valence-electron chi connectivity index (χ3n) is 3.17. The molecule has 2 aromatic rings. The molecule has 0 fully saturated rings. The molecule has 1 aliphatic rings. The van der Waals surface area contributed by atoms with Crippen molar-refractivity contribution in [3.05, 3.63) is 48.0 Å². The molecule has 2 aromatic carbocycles. The van der Waals surface area contributed by atoms with Crippen LogP contribution in [0.3, 0.4) is 0 Å². The number of hydrogen-bond donors (Lipinski definition) is 3. The Morgan fingerprint density at radius 2 is 1.91 bits per heavy atom. The number of anilines is 3. The topological polar surface area (TPSA) is 99.6 Å². The minimum Gasteiger partial charge on any atom is -0.454 e. The lowest BCUT2D eigenvalue weighted by atomic mass is 10.1. The average Bonchev–Trinajstić information content (AvgIpc) is 2.96. The predicted molar refractivity (Wildman–Crippen MR) is 85.5 cm³/mol. The lowest BCUT2D eigenvalue weighted by molar-refractivity contribution is -0.111. The van der Waals surface area contributed by atoms with Crippen LogP contribution in [0.2, 0.25) is 0 Å². The number of benzene rings is 2. The van der Waals surface area contributed by atoms with Crippen LogP contribution in [-0.2, 0) is 4.79 Å². The fourth-order valence-corrected chi connectivity index (χ4v) is 2.06. The summed E-state index contributed by atoms with van der Waals surface area (Å²) in [5.41, 5.74) is 14.0. The van der Waals surface area contributed by atoms with Crippen molar-refractivity contribution in [2.75, 3.05) is 23.6 Å². The Labute approximate surface area is 127 Å². The second-order valence-corrected chi connectivity index (χ2v) is 4.78. The Morgan fingerprint density at radius 3 is 2.77 bits per heavy atom. The Morgan fingerprint density at radius 1 is 1.09 bits per heavy atom. The highest BCUT2D eigenvalue weighted by Crippen LogP contribution is 2.34. The minimum absolute atomic E-state index is 0.196. The van der Waals surface area contributed by atoms with E-state index in [1.165, 1.54) is 6.08 Å². The van der Waals surface area contributed by atoms with E-state index in [1.807, 2.05) is 0 Å². The summed E-state index contributed by atoms with van der Waals surface area (Å²) in [6.07, 6.45) is 3.02. The van der Waals surface area contributed by atoms with Gasteiger partial charge in [-0.2, -0.15) is 0 Å². The molecule has 6 nitrogen and oxygen atoms in total. The molecule has 0 spiro atoms. The predicted octanol–water partition coefficient (Wildman–Crippen LogP) is 2.23. The van der Waals surface area contributed by atoms with Gasteiger partial charge in [-0.3, -0.25) is 4.79 Å². The maximum atomic E-state index is 11.9. The van der Waals surface area contributed by atoms with Gasteiger partial charge in [0.15, 0.2) is 11.5 Å². The quantitative estimate of drug-likeness (QED) is 0.596. The molecule has 1 aliphatic heterocycles. The van der Waals surface area contributed by atoms with Gasteiger partial charge >= 0.3 is 0 Å². The summed E-state index contributed by atoms with van der Waals surface area (Å²) in [5.74, 6) is 1.00. The van der Waals surface area contributed by atoms with Crippen LogP contribution in [0.4, 0.5) is 17.1 Å². The monoisotopic (exact) mass is 297 g/mol. The van der Waals surface area contributed by atoms with Crippen LogP contribution in [0, 0.1) is 0 Å². The van der Waals surface area contributed by atoms with Gasteiger partial charge in [0.25, 0.3) is 0 Å². The number of fused-ring (bicyclic) bond motifs is 1. The van der Waals surface area contributed by atoms with Gasteiger partial charge < -0.3 is 26.3 Å². The third kappa shape index (κ3) is 2.95.